The number of anilines is 1. The fraction of sp³-hybridized carbons (Fsp3) is 0.457. The minimum Gasteiger partial charge on any atom is -0.501 e. The van der Waals surface area contributed by atoms with Crippen LogP contribution in [-0.4, -0.2) is 97.6 Å². The van der Waals surface area contributed by atoms with E-state index in [9.17, 15) is 32.7 Å². The molecule has 286 valence electrons. The molecule has 1 aliphatic carbocycles. The number of amides is 2. The normalized spacial score (nSPS) is 18.1. The lowest BCUT2D eigenvalue weighted by Crippen LogP contribution is -2.46. The van der Waals surface area contributed by atoms with Gasteiger partial charge in [0.25, 0.3) is 17.3 Å². The Balaban J connectivity index is 1.22. The number of alkyl halides is 3. The Kier molecular flexibility index (Phi) is 10.1. The van der Waals surface area contributed by atoms with E-state index >= 15 is 0 Å². The first-order chi connectivity index (χ1) is 25.8. The number of hydrogen-bond acceptors (Lipinski definition) is 11. The highest BCUT2D eigenvalue weighted by Gasteiger charge is 2.49. The number of halogens is 4. The average molecular weight is 773 g/mol. The first kappa shape index (κ1) is 37.3. The van der Waals surface area contributed by atoms with Crippen LogP contribution >= 0.6 is 11.6 Å². The van der Waals surface area contributed by atoms with Crippen LogP contribution in [0, 0.1) is 0 Å². The Bertz CT molecular complexity index is 2220. The third-order valence-electron chi connectivity index (χ3n) is 10.1. The topological polar surface area (TPSA) is 175 Å². The number of nitrogens with zero attached hydrogens (tertiary/aromatic N) is 7. The molecular weight excluding hydrogens is 737 g/mol. The molecule has 1 atom stereocenters. The van der Waals surface area contributed by atoms with Gasteiger partial charge < -0.3 is 34.1 Å². The van der Waals surface area contributed by atoms with Crippen LogP contribution < -0.4 is 15.6 Å². The number of piperidine rings is 1. The molecular formula is C35H36ClF3N8O7. The predicted octanol–water partition coefficient (Wildman–Crippen LogP) is 4.21. The quantitative estimate of drug-likeness (QED) is 0.233. The van der Waals surface area contributed by atoms with Gasteiger partial charge in [0, 0.05) is 36.9 Å². The van der Waals surface area contributed by atoms with Gasteiger partial charge in [0.2, 0.25) is 17.4 Å². The molecule has 0 radical (unpaired) electrons. The molecule has 2 N–H and O–H groups in total. The van der Waals surface area contributed by atoms with Crippen LogP contribution in [0.25, 0.3) is 11.4 Å². The summed E-state index contributed by atoms with van der Waals surface area (Å²) in [5.74, 6) is -1.54. The van der Waals surface area contributed by atoms with Crippen molar-refractivity contribution in [2.75, 3.05) is 51.9 Å². The summed E-state index contributed by atoms with van der Waals surface area (Å²) in [6, 6.07) is 2.65. The van der Waals surface area contributed by atoms with Gasteiger partial charge >= 0.3 is 6.18 Å². The number of rotatable bonds is 9. The molecule has 3 aromatic heterocycles. The van der Waals surface area contributed by atoms with Crippen molar-refractivity contribution in [2.24, 2.45) is 0 Å². The third-order valence-corrected chi connectivity index (χ3v) is 10.4. The zero-order valence-corrected chi connectivity index (χ0v) is 30.0. The molecule has 2 aliphatic heterocycles. The molecule has 15 nitrogen and oxygen atoms in total. The van der Waals surface area contributed by atoms with Crippen LogP contribution in [0.5, 0.6) is 11.6 Å². The SMILES string of the molecule is COCCOc1ncnc(C(=O)N2CCC3(CC2)CC(C)c2c3c(=O)n3nc(C4=CCOCC4)nc3n2CC(=O)Nc2ccc(C(F)(F)F)cc2Cl)c1O. The van der Waals surface area contributed by atoms with E-state index in [0.29, 0.717) is 56.0 Å². The molecule has 7 rings (SSSR count). The van der Waals surface area contributed by atoms with Crippen LogP contribution in [0.3, 0.4) is 0 Å². The first-order valence-corrected chi connectivity index (χ1v) is 17.6. The molecule has 0 saturated carbocycles. The molecule has 3 aliphatic rings. The summed E-state index contributed by atoms with van der Waals surface area (Å²) in [5, 5.41) is 17.7. The van der Waals surface area contributed by atoms with Crippen molar-refractivity contribution < 1.29 is 42.1 Å². The number of benzene rings is 1. The average Bonchev–Trinajstić information content (AvgIpc) is 3.72. The number of methoxy groups -OCH3 is 1. The number of nitrogens with one attached hydrogen (secondary N) is 1. The maximum absolute atomic E-state index is 14.5. The van der Waals surface area contributed by atoms with E-state index < -0.39 is 34.7 Å². The predicted molar refractivity (Wildman–Crippen MR) is 187 cm³/mol. The molecule has 1 aromatic carbocycles. The second kappa shape index (κ2) is 14.6. The van der Waals surface area contributed by atoms with Gasteiger partial charge in [0.15, 0.2) is 11.5 Å². The van der Waals surface area contributed by atoms with E-state index in [1.165, 1.54) is 11.6 Å². The molecule has 1 saturated heterocycles. The maximum atomic E-state index is 14.5. The summed E-state index contributed by atoms with van der Waals surface area (Å²) in [4.78, 5) is 55.9. The van der Waals surface area contributed by atoms with Crippen molar-refractivity contribution in [1.82, 2.24) is 34.0 Å². The molecule has 5 heterocycles. The van der Waals surface area contributed by atoms with E-state index in [-0.39, 0.29) is 72.4 Å². The van der Waals surface area contributed by atoms with Crippen molar-refractivity contribution >= 4 is 40.5 Å². The van der Waals surface area contributed by atoms with Gasteiger partial charge in [0.05, 0.1) is 36.1 Å². The van der Waals surface area contributed by atoms with Crippen LogP contribution in [0.4, 0.5) is 18.9 Å². The number of hydrogen-bond donors (Lipinski definition) is 2. The number of aromatic hydroxyl groups is 1. The van der Waals surface area contributed by atoms with Gasteiger partial charge in [-0.3, -0.25) is 14.4 Å². The fourth-order valence-electron chi connectivity index (χ4n) is 7.61. The Morgan fingerprint density at radius 3 is 2.65 bits per heavy atom. The second-order valence-corrected chi connectivity index (χ2v) is 13.9. The molecule has 1 unspecified atom stereocenters. The highest BCUT2D eigenvalue weighted by molar-refractivity contribution is 6.33. The van der Waals surface area contributed by atoms with Crippen LogP contribution in [0.1, 0.15) is 71.7 Å². The zero-order valence-electron chi connectivity index (χ0n) is 29.3. The Labute approximate surface area is 310 Å². The summed E-state index contributed by atoms with van der Waals surface area (Å²) in [7, 11) is 1.50. The van der Waals surface area contributed by atoms with E-state index in [1.54, 1.807) is 9.47 Å². The maximum Gasteiger partial charge on any atom is 0.416 e. The number of carbonyl (C=O) groups is 2. The summed E-state index contributed by atoms with van der Waals surface area (Å²) in [6.45, 7) is 3.21. The lowest BCUT2D eigenvalue weighted by Gasteiger charge is -2.39. The third kappa shape index (κ3) is 6.88. The summed E-state index contributed by atoms with van der Waals surface area (Å²) < 4.78 is 58.4. The van der Waals surface area contributed by atoms with E-state index in [1.807, 2.05) is 13.0 Å². The van der Waals surface area contributed by atoms with Crippen molar-refractivity contribution in [3.05, 3.63) is 74.3 Å². The first-order valence-electron chi connectivity index (χ1n) is 17.2. The summed E-state index contributed by atoms with van der Waals surface area (Å²) >= 11 is 6.15. The number of aromatic nitrogens is 6. The Hall–Kier alpha value is -5.07. The van der Waals surface area contributed by atoms with Crippen molar-refractivity contribution in [2.45, 2.75) is 56.7 Å². The van der Waals surface area contributed by atoms with Gasteiger partial charge in [-0.1, -0.05) is 24.6 Å². The van der Waals surface area contributed by atoms with Gasteiger partial charge in [-0.05, 0) is 55.4 Å². The molecule has 2 amide bonds. The number of carbonyl (C=O) groups excluding carboxylic acids is 2. The lowest BCUT2D eigenvalue weighted by molar-refractivity contribution is -0.137. The van der Waals surface area contributed by atoms with Crippen LogP contribution in [0.2, 0.25) is 5.02 Å². The number of ether oxygens (including phenoxy) is 3. The highest BCUT2D eigenvalue weighted by atomic mass is 35.5. The van der Waals surface area contributed by atoms with Crippen LogP contribution in [0.15, 0.2) is 35.4 Å². The zero-order chi connectivity index (χ0) is 38.4. The van der Waals surface area contributed by atoms with Crippen molar-refractivity contribution in [3.8, 4) is 11.6 Å². The lowest BCUT2D eigenvalue weighted by atomic mass is 9.73. The minimum atomic E-state index is -4.62. The molecule has 4 aromatic rings. The van der Waals surface area contributed by atoms with Gasteiger partial charge in [-0.2, -0.15) is 27.7 Å². The Morgan fingerprint density at radius 2 is 1.96 bits per heavy atom. The van der Waals surface area contributed by atoms with Gasteiger partial charge in [-0.25, -0.2) is 4.98 Å². The fourth-order valence-corrected chi connectivity index (χ4v) is 7.83. The largest absolute Gasteiger partial charge is 0.501 e. The minimum absolute atomic E-state index is 0.0113. The van der Waals surface area contributed by atoms with Gasteiger partial charge in [0.1, 0.15) is 19.5 Å². The summed E-state index contributed by atoms with van der Waals surface area (Å²) in [5.41, 5.74) is -0.425. The second-order valence-electron chi connectivity index (χ2n) is 13.5. The standard InChI is InChI=1S/C35H36ClF3N8O7/c1-19-16-34(7-9-45(10-8-34)32(51)26-28(49)30(41-18-40-26)54-14-13-52-2)25-27(19)46(17-24(48)42-23-4-3-21(15-22(23)36)35(37,38)39)33-43-29(44-47(33)31(25)50)20-5-11-53-12-6-20/h3-5,15,18-19,49H,6-14,16-17H2,1-2H3,(H,42,48). The smallest absolute Gasteiger partial charge is 0.416 e. The molecule has 0 bridgehead atoms. The van der Waals surface area contributed by atoms with Crippen LogP contribution in [-0.2, 0) is 32.4 Å². The van der Waals surface area contributed by atoms with E-state index in [0.717, 1.165) is 30.1 Å². The van der Waals surface area contributed by atoms with E-state index in [2.05, 4.69) is 20.4 Å². The van der Waals surface area contributed by atoms with Gasteiger partial charge in [-0.15, -0.1) is 5.10 Å². The molecule has 19 heteroatoms. The van der Waals surface area contributed by atoms with Crippen molar-refractivity contribution in [1.29, 1.82) is 0 Å². The van der Waals surface area contributed by atoms with Crippen molar-refractivity contribution in [3.63, 3.8) is 0 Å². The molecule has 1 fully saturated rings. The highest BCUT2D eigenvalue weighted by Crippen LogP contribution is 2.50. The molecule has 54 heavy (non-hydrogen) atoms. The number of likely N-dealkylation sites (tertiary alicyclic amines) is 1. The monoisotopic (exact) mass is 772 g/mol. The number of fused-ring (bicyclic) bond motifs is 3. The summed E-state index contributed by atoms with van der Waals surface area (Å²) in [6.07, 6.45) is 0.174. The Morgan fingerprint density at radius 1 is 1.19 bits per heavy atom. The van der Waals surface area contributed by atoms with E-state index in [4.69, 9.17) is 30.8 Å². The molecule has 1 spiro atoms.